The van der Waals surface area contributed by atoms with Crippen LogP contribution in [-0.4, -0.2) is 37.2 Å². The van der Waals surface area contributed by atoms with Gasteiger partial charge in [0.25, 0.3) is 0 Å². The molecule has 1 unspecified atom stereocenters. The van der Waals surface area contributed by atoms with Crippen molar-refractivity contribution in [2.24, 2.45) is 0 Å². The molecule has 0 aliphatic heterocycles. The van der Waals surface area contributed by atoms with Gasteiger partial charge in [-0.25, -0.2) is 0 Å². The molecule has 0 aliphatic rings. The molecule has 0 saturated carbocycles. The number of rotatable bonds is 53. The van der Waals surface area contributed by atoms with Gasteiger partial charge in [0, 0.05) is 19.3 Å². The Bertz CT molecular complexity index is 1350. The first-order chi connectivity index (χ1) is 34.5. The molecule has 0 spiro atoms. The van der Waals surface area contributed by atoms with Gasteiger partial charge in [-0.05, 0) is 83.5 Å². The maximum Gasteiger partial charge on any atom is 0.306 e. The summed E-state index contributed by atoms with van der Waals surface area (Å²) in [4.78, 5) is 38.0. The minimum atomic E-state index is -0.814. The first-order valence-electron chi connectivity index (χ1n) is 29.6. The van der Waals surface area contributed by atoms with Crippen LogP contribution in [0.1, 0.15) is 284 Å². The Balaban J connectivity index is 4.27. The molecule has 0 rings (SSSR count). The average Bonchev–Trinajstić information content (AvgIpc) is 3.36. The average molecular weight is 976 g/mol. The van der Waals surface area contributed by atoms with Crippen molar-refractivity contribution in [3.05, 3.63) is 85.1 Å². The first-order valence-corrected chi connectivity index (χ1v) is 29.6. The van der Waals surface area contributed by atoms with Crippen molar-refractivity contribution in [1.29, 1.82) is 0 Å². The Morgan fingerprint density at radius 3 is 0.929 bits per heavy atom. The summed E-state index contributed by atoms with van der Waals surface area (Å²) >= 11 is 0. The van der Waals surface area contributed by atoms with Gasteiger partial charge in [0.05, 0.1) is 0 Å². The Morgan fingerprint density at radius 2 is 0.586 bits per heavy atom. The van der Waals surface area contributed by atoms with Gasteiger partial charge in [-0.15, -0.1) is 0 Å². The molecule has 6 nitrogen and oxygen atoms in total. The minimum Gasteiger partial charge on any atom is -0.462 e. The quantitative estimate of drug-likeness (QED) is 0.0261. The van der Waals surface area contributed by atoms with Crippen LogP contribution in [0, 0.1) is 0 Å². The summed E-state index contributed by atoms with van der Waals surface area (Å²) in [6.45, 7) is 6.45. The van der Waals surface area contributed by atoms with E-state index in [-0.39, 0.29) is 31.6 Å². The lowest BCUT2D eigenvalue weighted by molar-refractivity contribution is -0.166. The number of allylic oxidation sites excluding steroid dienone is 14. The summed E-state index contributed by atoms with van der Waals surface area (Å²) < 4.78 is 16.7. The van der Waals surface area contributed by atoms with Crippen molar-refractivity contribution in [3.63, 3.8) is 0 Å². The molecule has 0 radical (unpaired) electrons. The van der Waals surface area contributed by atoms with Crippen molar-refractivity contribution < 1.29 is 28.6 Å². The van der Waals surface area contributed by atoms with Crippen LogP contribution in [0.2, 0.25) is 0 Å². The second kappa shape index (κ2) is 58.2. The number of unbranched alkanes of at least 4 members (excludes halogenated alkanes) is 28. The van der Waals surface area contributed by atoms with Gasteiger partial charge < -0.3 is 14.2 Å². The van der Waals surface area contributed by atoms with E-state index in [9.17, 15) is 14.4 Å². The maximum atomic E-state index is 12.8. The molecule has 0 bridgehead atoms. The summed E-state index contributed by atoms with van der Waals surface area (Å²) in [5.74, 6) is -0.989. The maximum absolute atomic E-state index is 12.8. The van der Waals surface area contributed by atoms with E-state index in [0.29, 0.717) is 19.3 Å². The molecule has 0 fully saturated rings. The van der Waals surface area contributed by atoms with Gasteiger partial charge in [0.15, 0.2) is 6.10 Å². The normalized spacial score (nSPS) is 12.7. The number of carbonyl (C=O) groups excluding carboxylic acids is 3. The van der Waals surface area contributed by atoms with E-state index in [2.05, 4.69) is 99.8 Å². The zero-order valence-corrected chi connectivity index (χ0v) is 46.0. The third-order valence-electron chi connectivity index (χ3n) is 12.6. The number of esters is 3. The van der Waals surface area contributed by atoms with Crippen LogP contribution in [0.3, 0.4) is 0 Å². The van der Waals surface area contributed by atoms with E-state index >= 15 is 0 Å². The standard InChI is InChI=1S/C64H110O6/c1-4-7-10-13-16-19-21-23-25-27-29-30-31-32-33-34-36-37-39-41-43-45-48-51-54-57-63(66)69-60-61(59-68-62(65)56-53-50-47-18-15-12-9-6-3)70-64(67)58-55-52-49-46-44-42-40-38-35-28-26-24-22-20-17-14-11-8-5-2/h8,11,17,20,24,26-27,29,35,38,42,44,49,52,61H,4-7,9-10,12-16,18-19,21-23,25,28,30-34,36-37,39-41,43,45-48,50-51,53-60H2,1-3H3/b11-8-,20-17-,26-24-,29-27-,38-35-,44-42-,52-49-. The fourth-order valence-electron chi connectivity index (χ4n) is 8.23. The molecular weight excluding hydrogens is 865 g/mol. The van der Waals surface area contributed by atoms with Gasteiger partial charge in [-0.1, -0.05) is 266 Å². The monoisotopic (exact) mass is 975 g/mol. The molecular formula is C64H110O6. The fourth-order valence-corrected chi connectivity index (χ4v) is 8.23. The van der Waals surface area contributed by atoms with E-state index in [1.54, 1.807) is 0 Å². The number of ether oxygens (including phenoxy) is 3. The Kier molecular flexibility index (Phi) is 55.3. The Hall–Kier alpha value is -3.41. The van der Waals surface area contributed by atoms with Crippen molar-refractivity contribution in [2.45, 2.75) is 290 Å². The van der Waals surface area contributed by atoms with Crippen molar-refractivity contribution in [1.82, 2.24) is 0 Å². The molecule has 0 amide bonds. The molecule has 0 aliphatic carbocycles. The minimum absolute atomic E-state index is 0.105. The molecule has 1 atom stereocenters. The van der Waals surface area contributed by atoms with Gasteiger partial charge in [0.1, 0.15) is 13.2 Å². The van der Waals surface area contributed by atoms with Crippen LogP contribution in [0.4, 0.5) is 0 Å². The van der Waals surface area contributed by atoms with Crippen LogP contribution in [-0.2, 0) is 28.6 Å². The van der Waals surface area contributed by atoms with E-state index in [1.165, 1.54) is 161 Å². The third kappa shape index (κ3) is 55.5. The van der Waals surface area contributed by atoms with Crippen LogP contribution in [0.5, 0.6) is 0 Å². The van der Waals surface area contributed by atoms with E-state index in [1.807, 2.05) is 6.08 Å². The van der Waals surface area contributed by atoms with Gasteiger partial charge in [0.2, 0.25) is 0 Å². The smallest absolute Gasteiger partial charge is 0.306 e. The predicted molar refractivity (Wildman–Crippen MR) is 302 cm³/mol. The van der Waals surface area contributed by atoms with E-state index < -0.39 is 12.1 Å². The van der Waals surface area contributed by atoms with Crippen LogP contribution < -0.4 is 0 Å². The molecule has 0 aromatic rings. The largest absolute Gasteiger partial charge is 0.462 e. The highest BCUT2D eigenvalue weighted by Gasteiger charge is 2.19. The van der Waals surface area contributed by atoms with Crippen molar-refractivity contribution in [3.8, 4) is 0 Å². The van der Waals surface area contributed by atoms with Gasteiger partial charge in [-0.2, -0.15) is 0 Å². The van der Waals surface area contributed by atoms with Crippen molar-refractivity contribution >= 4 is 17.9 Å². The third-order valence-corrected chi connectivity index (χ3v) is 12.6. The first kappa shape index (κ1) is 66.6. The number of carbonyl (C=O) groups is 3. The molecule has 0 saturated heterocycles. The highest BCUT2D eigenvalue weighted by molar-refractivity contribution is 5.71. The molecule has 70 heavy (non-hydrogen) atoms. The lowest BCUT2D eigenvalue weighted by Gasteiger charge is -2.18. The second-order valence-corrected chi connectivity index (χ2v) is 19.5. The molecule has 6 heteroatoms. The zero-order chi connectivity index (χ0) is 50.7. The van der Waals surface area contributed by atoms with E-state index in [0.717, 1.165) is 77.0 Å². The highest BCUT2D eigenvalue weighted by Crippen LogP contribution is 2.16. The predicted octanol–water partition coefficient (Wildman–Crippen LogP) is 19.9. The lowest BCUT2D eigenvalue weighted by Crippen LogP contribution is -2.30. The summed E-state index contributed by atoms with van der Waals surface area (Å²) in [6.07, 6.45) is 76.2. The fraction of sp³-hybridized carbons (Fsp3) is 0.734. The number of hydrogen-bond donors (Lipinski definition) is 0. The summed E-state index contributed by atoms with van der Waals surface area (Å²) in [7, 11) is 0. The lowest BCUT2D eigenvalue weighted by atomic mass is 10.0. The second-order valence-electron chi connectivity index (χ2n) is 19.5. The van der Waals surface area contributed by atoms with Crippen molar-refractivity contribution in [2.75, 3.05) is 13.2 Å². The summed E-state index contributed by atoms with van der Waals surface area (Å²) in [6, 6.07) is 0. The van der Waals surface area contributed by atoms with E-state index in [4.69, 9.17) is 14.2 Å². The molecule has 0 heterocycles. The molecule has 0 aromatic heterocycles. The van der Waals surface area contributed by atoms with Crippen LogP contribution in [0.15, 0.2) is 85.1 Å². The van der Waals surface area contributed by atoms with Crippen LogP contribution in [0.25, 0.3) is 0 Å². The summed E-state index contributed by atoms with van der Waals surface area (Å²) in [5.41, 5.74) is 0. The molecule has 402 valence electrons. The number of hydrogen-bond acceptors (Lipinski definition) is 6. The van der Waals surface area contributed by atoms with Gasteiger partial charge >= 0.3 is 17.9 Å². The zero-order valence-electron chi connectivity index (χ0n) is 46.0. The summed E-state index contributed by atoms with van der Waals surface area (Å²) in [5, 5.41) is 0. The molecule has 0 aromatic carbocycles. The molecule has 0 N–H and O–H groups in total. The van der Waals surface area contributed by atoms with Gasteiger partial charge in [-0.3, -0.25) is 14.4 Å². The Labute approximate surface area is 433 Å². The van der Waals surface area contributed by atoms with Crippen LogP contribution >= 0.6 is 0 Å². The highest BCUT2D eigenvalue weighted by atomic mass is 16.6. The Morgan fingerprint density at radius 1 is 0.300 bits per heavy atom. The topological polar surface area (TPSA) is 78.9 Å². The SMILES string of the molecule is CC/C=C\C/C=C\C/C=C\C/C=C\C/C=C\C/C=C\CCC(=O)OC(COC(=O)CCCCCCCCCC)COC(=O)CCCCCCCCCCCCCCC/C=C\CCCCCCCCCC.